The van der Waals surface area contributed by atoms with Gasteiger partial charge in [0.15, 0.2) is 0 Å². The Balaban J connectivity index is 1.61. The predicted octanol–water partition coefficient (Wildman–Crippen LogP) is 2.29. The molecule has 0 saturated heterocycles. The maximum Gasteiger partial charge on any atom is 0.316 e. The molecule has 0 unspecified atom stereocenters. The van der Waals surface area contributed by atoms with Gasteiger partial charge in [0, 0.05) is 25.2 Å². The van der Waals surface area contributed by atoms with Crippen molar-refractivity contribution >= 4 is 17.4 Å². The van der Waals surface area contributed by atoms with Crippen LogP contribution in [0.5, 0.6) is 0 Å². The maximum absolute atomic E-state index is 5.55. The summed E-state index contributed by atoms with van der Waals surface area (Å²) in [6.07, 6.45) is 3.52. The minimum Gasteiger partial charge on any atom is -0.403 e. The third kappa shape index (κ3) is 3.29. The summed E-state index contributed by atoms with van der Waals surface area (Å²) in [5.41, 5.74) is 1.97. The van der Waals surface area contributed by atoms with Crippen molar-refractivity contribution < 1.29 is 9.15 Å². The predicted molar refractivity (Wildman–Crippen MR) is 78.9 cm³/mol. The second kappa shape index (κ2) is 6.06. The molecule has 0 amide bonds. The second-order valence-electron chi connectivity index (χ2n) is 4.52. The molecular weight excluding hydrogens is 290 g/mol. The standard InChI is InChI=1S/C13H15N5O2S/c1-18-6-10(4-15-18)12-16-17-13(20-12)14-5-11-3-9(7-19-2)8-21-11/h3-4,6,8H,5,7H2,1-2H3,(H,14,17). The van der Waals surface area contributed by atoms with Crippen LogP contribution in [0.15, 0.2) is 28.3 Å². The van der Waals surface area contributed by atoms with E-state index in [0.29, 0.717) is 25.1 Å². The molecule has 0 saturated carbocycles. The van der Waals surface area contributed by atoms with Crippen molar-refractivity contribution in [2.45, 2.75) is 13.2 Å². The first-order chi connectivity index (χ1) is 10.2. The topological polar surface area (TPSA) is 78.0 Å². The first-order valence-electron chi connectivity index (χ1n) is 6.36. The SMILES string of the molecule is COCc1csc(CNc2nnc(-c3cnn(C)c3)o2)c1. The van der Waals surface area contributed by atoms with Crippen LogP contribution in [0.1, 0.15) is 10.4 Å². The molecule has 0 aromatic carbocycles. The van der Waals surface area contributed by atoms with Gasteiger partial charge in [-0.3, -0.25) is 4.68 Å². The fourth-order valence-corrected chi connectivity index (χ4v) is 2.68. The van der Waals surface area contributed by atoms with Gasteiger partial charge in [-0.25, -0.2) is 0 Å². The van der Waals surface area contributed by atoms with Crippen molar-refractivity contribution in [3.05, 3.63) is 34.3 Å². The molecule has 8 heteroatoms. The summed E-state index contributed by atoms with van der Waals surface area (Å²) in [6, 6.07) is 2.50. The number of rotatable bonds is 6. The highest BCUT2D eigenvalue weighted by molar-refractivity contribution is 7.10. The van der Waals surface area contributed by atoms with Gasteiger partial charge in [0.2, 0.25) is 0 Å². The van der Waals surface area contributed by atoms with E-state index in [1.807, 2.05) is 13.2 Å². The smallest absolute Gasteiger partial charge is 0.316 e. The lowest BCUT2D eigenvalue weighted by atomic mass is 10.3. The number of ether oxygens (including phenoxy) is 1. The summed E-state index contributed by atoms with van der Waals surface area (Å²) in [6.45, 7) is 1.27. The van der Waals surface area contributed by atoms with Crippen LogP contribution in [0.3, 0.4) is 0 Å². The molecule has 3 heterocycles. The van der Waals surface area contributed by atoms with Crippen LogP contribution in [-0.4, -0.2) is 27.1 Å². The quantitative estimate of drug-likeness (QED) is 0.753. The van der Waals surface area contributed by atoms with Gasteiger partial charge in [-0.05, 0) is 17.0 Å². The molecule has 3 aromatic heterocycles. The number of nitrogens with zero attached hydrogens (tertiary/aromatic N) is 4. The van der Waals surface area contributed by atoms with E-state index in [1.54, 1.807) is 29.3 Å². The Morgan fingerprint density at radius 3 is 3.10 bits per heavy atom. The highest BCUT2D eigenvalue weighted by atomic mass is 32.1. The maximum atomic E-state index is 5.55. The molecule has 0 radical (unpaired) electrons. The number of aryl methyl sites for hydroxylation is 1. The molecule has 21 heavy (non-hydrogen) atoms. The van der Waals surface area contributed by atoms with Gasteiger partial charge in [0.25, 0.3) is 5.89 Å². The normalized spacial score (nSPS) is 11.0. The molecule has 0 aliphatic rings. The molecule has 0 spiro atoms. The summed E-state index contributed by atoms with van der Waals surface area (Å²) in [7, 11) is 3.53. The lowest BCUT2D eigenvalue weighted by Crippen LogP contribution is -1.97. The number of aromatic nitrogens is 4. The van der Waals surface area contributed by atoms with Crippen LogP contribution in [0.4, 0.5) is 6.01 Å². The molecule has 3 rings (SSSR count). The molecule has 110 valence electrons. The molecule has 0 aliphatic carbocycles. The van der Waals surface area contributed by atoms with E-state index in [1.165, 1.54) is 10.4 Å². The van der Waals surface area contributed by atoms with Crippen LogP contribution in [0, 0.1) is 0 Å². The van der Waals surface area contributed by atoms with Crippen molar-refractivity contribution in [2.75, 3.05) is 12.4 Å². The van der Waals surface area contributed by atoms with Gasteiger partial charge < -0.3 is 14.5 Å². The third-order valence-electron chi connectivity index (χ3n) is 2.81. The molecular formula is C13H15N5O2S. The molecule has 1 N–H and O–H groups in total. The average Bonchev–Trinajstić information content (AvgIpc) is 3.17. The van der Waals surface area contributed by atoms with Crippen LogP contribution >= 0.6 is 11.3 Å². The van der Waals surface area contributed by atoms with Crippen LogP contribution in [0.2, 0.25) is 0 Å². The summed E-state index contributed by atoms with van der Waals surface area (Å²) < 4.78 is 12.3. The highest BCUT2D eigenvalue weighted by Gasteiger charge is 2.10. The van der Waals surface area contributed by atoms with Gasteiger partial charge in [-0.1, -0.05) is 5.10 Å². The number of hydrogen-bond donors (Lipinski definition) is 1. The number of methoxy groups -OCH3 is 1. The molecule has 0 aliphatic heterocycles. The first-order valence-corrected chi connectivity index (χ1v) is 7.24. The average molecular weight is 305 g/mol. The first kappa shape index (κ1) is 13.8. The van der Waals surface area contributed by atoms with Gasteiger partial charge >= 0.3 is 6.01 Å². The molecule has 0 fully saturated rings. The van der Waals surface area contributed by atoms with E-state index >= 15 is 0 Å². The zero-order chi connectivity index (χ0) is 14.7. The van der Waals surface area contributed by atoms with Crippen molar-refractivity contribution in [3.8, 4) is 11.5 Å². The largest absolute Gasteiger partial charge is 0.403 e. The summed E-state index contributed by atoms with van der Waals surface area (Å²) in [4.78, 5) is 1.18. The Labute approximate surface area is 125 Å². The molecule has 0 atom stereocenters. The lowest BCUT2D eigenvalue weighted by molar-refractivity contribution is 0.185. The van der Waals surface area contributed by atoms with E-state index in [0.717, 1.165) is 5.56 Å². The summed E-state index contributed by atoms with van der Waals surface area (Å²) in [5.74, 6) is 0.455. The van der Waals surface area contributed by atoms with Gasteiger partial charge in [0.1, 0.15) is 0 Å². The van der Waals surface area contributed by atoms with E-state index < -0.39 is 0 Å². The Bertz CT molecular complexity index is 718. The van der Waals surface area contributed by atoms with E-state index in [-0.39, 0.29) is 0 Å². The van der Waals surface area contributed by atoms with Crippen LogP contribution in [0.25, 0.3) is 11.5 Å². The summed E-state index contributed by atoms with van der Waals surface area (Å²) in [5, 5.41) is 17.2. The number of nitrogens with one attached hydrogen (secondary N) is 1. The van der Waals surface area contributed by atoms with Gasteiger partial charge in [-0.2, -0.15) is 5.10 Å². The number of anilines is 1. The highest BCUT2D eigenvalue weighted by Crippen LogP contribution is 2.20. The van der Waals surface area contributed by atoms with Crippen LogP contribution < -0.4 is 5.32 Å². The fraction of sp³-hybridized carbons (Fsp3) is 0.308. The minimum absolute atomic E-state index is 0.399. The van der Waals surface area contributed by atoms with Crippen molar-refractivity contribution in [1.29, 1.82) is 0 Å². The number of hydrogen-bond acceptors (Lipinski definition) is 7. The number of thiophene rings is 1. The van der Waals surface area contributed by atoms with Gasteiger partial charge in [0.05, 0.1) is 24.9 Å². The van der Waals surface area contributed by atoms with Crippen molar-refractivity contribution in [1.82, 2.24) is 20.0 Å². The van der Waals surface area contributed by atoms with Crippen molar-refractivity contribution in [2.24, 2.45) is 7.05 Å². The Morgan fingerprint density at radius 1 is 1.43 bits per heavy atom. The monoisotopic (exact) mass is 305 g/mol. The van der Waals surface area contributed by atoms with E-state index in [9.17, 15) is 0 Å². The Kier molecular flexibility index (Phi) is 3.98. The third-order valence-corrected chi connectivity index (χ3v) is 3.80. The zero-order valence-corrected chi connectivity index (χ0v) is 12.6. The Morgan fingerprint density at radius 2 is 2.33 bits per heavy atom. The zero-order valence-electron chi connectivity index (χ0n) is 11.7. The van der Waals surface area contributed by atoms with Gasteiger partial charge in [-0.15, -0.1) is 16.4 Å². The minimum atomic E-state index is 0.399. The van der Waals surface area contributed by atoms with E-state index in [2.05, 4.69) is 32.1 Å². The second-order valence-corrected chi connectivity index (χ2v) is 5.52. The molecule has 7 nitrogen and oxygen atoms in total. The molecule has 0 bridgehead atoms. The van der Waals surface area contributed by atoms with E-state index in [4.69, 9.17) is 9.15 Å². The van der Waals surface area contributed by atoms with Crippen molar-refractivity contribution in [3.63, 3.8) is 0 Å². The molecule has 3 aromatic rings. The Hall–Kier alpha value is -2.19. The lowest BCUT2D eigenvalue weighted by Gasteiger charge is -1.97. The fourth-order valence-electron chi connectivity index (χ4n) is 1.87. The van der Waals surface area contributed by atoms with Crippen LogP contribution in [-0.2, 0) is 24.9 Å². The summed E-state index contributed by atoms with van der Waals surface area (Å²) >= 11 is 1.67.